The average Bonchev–Trinajstić information content (AvgIpc) is 3.37. The van der Waals surface area contributed by atoms with E-state index in [0.29, 0.717) is 35.7 Å². The summed E-state index contributed by atoms with van der Waals surface area (Å²) in [6, 6.07) is 13.9. The van der Waals surface area contributed by atoms with Gasteiger partial charge < -0.3 is 29.2 Å². The molecule has 1 heterocycles. The smallest absolute Gasteiger partial charge is 0.405 e. The van der Waals surface area contributed by atoms with E-state index in [2.05, 4.69) is 9.88 Å². The fourth-order valence-corrected chi connectivity index (χ4v) is 5.55. The summed E-state index contributed by atoms with van der Waals surface area (Å²) < 4.78 is 56.7. The lowest BCUT2D eigenvalue weighted by Crippen LogP contribution is -2.16. The van der Waals surface area contributed by atoms with E-state index in [0.717, 1.165) is 16.7 Å². The zero-order valence-electron chi connectivity index (χ0n) is 22.8. The Hall–Kier alpha value is -4.45. The Bertz CT molecular complexity index is 1650. The van der Waals surface area contributed by atoms with Crippen molar-refractivity contribution >= 4 is 32.8 Å². The molecule has 3 aromatic carbocycles. The largest absolute Gasteiger partial charge is 0.497 e. The molecule has 0 fully saturated rings. The van der Waals surface area contributed by atoms with Crippen LogP contribution < -0.4 is 24.7 Å². The molecule has 3 N–H and O–H groups in total. The molecule has 0 bridgehead atoms. The zero-order chi connectivity index (χ0) is 29.0. The molecule has 0 aliphatic carbocycles. The molecule has 0 aliphatic rings. The fraction of sp³-hybridized carbons (Fsp3) is 0.286. The molecule has 40 heavy (non-hydrogen) atoms. The van der Waals surface area contributed by atoms with Crippen molar-refractivity contribution in [2.75, 3.05) is 26.1 Å². The number of aryl methyl sites for hydroxylation is 1. The number of carbonyl (C=O) groups is 1. The van der Waals surface area contributed by atoms with Crippen LogP contribution in [0.1, 0.15) is 42.2 Å². The van der Waals surface area contributed by atoms with Gasteiger partial charge in [0.15, 0.2) is 5.58 Å². The number of nitrogens with zero attached hydrogens (tertiary/aromatic N) is 1. The van der Waals surface area contributed by atoms with Gasteiger partial charge in [0.2, 0.25) is 5.03 Å². The molecule has 212 valence electrons. The van der Waals surface area contributed by atoms with E-state index in [1.54, 1.807) is 45.4 Å². The van der Waals surface area contributed by atoms with Crippen molar-refractivity contribution in [2.45, 2.75) is 37.8 Å². The van der Waals surface area contributed by atoms with Crippen LogP contribution in [0.3, 0.4) is 0 Å². The van der Waals surface area contributed by atoms with Crippen LogP contribution in [-0.4, -0.2) is 41.0 Å². The maximum absolute atomic E-state index is 13.6. The molecule has 1 amide bonds. The van der Waals surface area contributed by atoms with E-state index < -0.39 is 22.2 Å². The Morgan fingerprint density at radius 3 is 2.45 bits per heavy atom. The lowest BCUT2D eigenvalue weighted by atomic mass is 9.99. The number of sulfonamides is 1. The van der Waals surface area contributed by atoms with Gasteiger partial charge in [0, 0.05) is 18.1 Å². The van der Waals surface area contributed by atoms with Crippen LogP contribution in [0.2, 0.25) is 0 Å². The zero-order valence-corrected chi connectivity index (χ0v) is 23.6. The minimum Gasteiger partial charge on any atom is -0.497 e. The van der Waals surface area contributed by atoms with Gasteiger partial charge in [-0.15, -0.1) is 0 Å². The number of methoxy groups -OCH3 is 3. The van der Waals surface area contributed by atoms with Crippen LogP contribution in [0.25, 0.3) is 11.0 Å². The van der Waals surface area contributed by atoms with Crippen LogP contribution in [-0.2, 0) is 27.6 Å². The summed E-state index contributed by atoms with van der Waals surface area (Å²) in [6.45, 7) is 3.59. The molecule has 0 saturated heterocycles. The monoisotopic (exact) mass is 569 g/mol. The minimum atomic E-state index is -4.24. The number of hydrogen-bond acceptors (Lipinski definition) is 9. The summed E-state index contributed by atoms with van der Waals surface area (Å²) in [5, 5.41) is 3.72. The quantitative estimate of drug-likeness (QED) is 0.255. The van der Waals surface area contributed by atoms with Crippen molar-refractivity contribution in [1.29, 1.82) is 0 Å². The molecule has 4 rings (SSSR count). The van der Waals surface area contributed by atoms with Gasteiger partial charge in [0.05, 0.1) is 32.4 Å². The van der Waals surface area contributed by atoms with E-state index in [1.807, 2.05) is 25.1 Å². The highest BCUT2D eigenvalue weighted by Crippen LogP contribution is 2.37. The standard InChI is InChI=1S/C28H31N3O8S/c1-6-17-11-20(13-19-7-9-21(35-3)15-25(19)36-4)26(37-5)23(12-17)31-40(33,34)27-22-14-18(16(2)38-28(29)32)8-10-24(22)39-30-27/h7-12,14-16,31H,6,13H2,1-5H3,(H2,29,32). The molecule has 1 aromatic heterocycles. The predicted molar refractivity (Wildman–Crippen MR) is 149 cm³/mol. The third-order valence-corrected chi connectivity index (χ3v) is 7.73. The summed E-state index contributed by atoms with van der Waals surface area (Å²) >= 11 is 0. The maximum atomic E-state index is 13.6. The number of primary amides is 1. The molecule has 11 nitrogen and oxygen atoms in total. The molecule has 0 spiro atoms. The number of nitrogens with one attached hydrogen (secondary N) is 1. The van der Waals surface area contributed by atoms with Crippen LogP contribution in [0.4, 0.5) is 10.5 Å². The Balaban J connectivity index is 1.74. The number of nitrogens with two attached hydrogens (primary N) is 1. The average molecular weight is 570 g/mol. The highest BCUT2D eigenvalue weighted by Gasteiger charge is 2.26. The van der Waals surface area contributed by atoms with E-state index in [-0.39, 0.29) is 21.7 Å². The van der Waals surface area contributed by atoms with Gasteiger partial charge in [0.25, 0.3) is 10.0 Å². The molecule has 1 atom stereocenters. The molecule has 0 saturated carbocycles. The number of rotatable bonds is 11. The van der Waals surface area contributed by atoms with Crippen molar-refractivity contribution in [3.05, 3.63) is 70.8 Å². The van der Waals surface area contributed by atoms with Crippen molar-refractivity contribution < 1.29 is 36.7 Å². The van der Waals surface area contributed by atoms with Crippen LogP contribution in [0.15, 0.2) is 58.1 Å². The Morgan fingerprint density at radius 2 is 1.80 bits per heavy atom. The van der Waals surface area contributed by atoms with Crippen molar-refractivity contribution in [2.24, 2.45) is 5.73 Å². The van der Waals surface area contributed by atoms with Crippen molar-refractivity contribution in [1.82, 2.24) is 5.16 Å². The summed E-state index contributed by atoms with van der Waals surface area (Å²) in [7, 11) is 0.392. The van der Waals surface area contributed by atoms with Crippen molar-refractivity contribution in [3.63, 3.8) is 0 Å². The number of hydrogen-bond donors (Lipinski definition) is 2. The maximum Gasteiger partial charge on any atom is 0.405 e. The van der Waals surface area contributed by atoms with Gasteiger partial charge in [-0.05, 0) is 54.3 Å². The number of carbonyl (C=O) groups excluding carboxylic acids is 1. The Morgan fingerprint density at radius 1 is 1.02 bits per heavy atom. The van der Waals surface area contributed by atoms with E-state index in [4.69, 9.17) is 29.2 Å². The van der Waals surface area contributed by atoms with E-state index in [1.165, 1.54) is 13.2 Å². The molecule has 0 radical (unpaired) electrons. The number of amides is 1. The SMILES string of the molecule is CCc1cc(Cc2ccc(OC)cc2OC)c(OC)c(NS(=O)(=O)c2noc3ccc(C(C)OC(N)=O)cc23)c1. The molecule has 1 unspecified atom stereocenters. The Kier molecular flexibility index (Phi) is 8.38. The number of anilines is 1. The van der Waals surface area contributed by atoms with Crippen molar-refractivity contribution in [3.8, 4) is 17.2 Å². The topological polar surface area (TPSA) is 152 Å². The lowest BCUT2D eigenvalue weighted by Gasteiger charge is -2.18. The molecular weight excluding hydrogens is 538 g/mol. The van der Waals surface area contributed by atoms with Gasteiger partial charge in [-0.25, -0.2) is 4.79 Å². The summed E-state index contributed by atoms with van der Waals surface area (Å²) in [4.78, 5) is 11.2. The first-order chi connectivity index (χ1) is 19.1. The molecule has 0 aliphatic heterocycles. The first-order valence-electron chi connectivity index (χ1n) is 12.4. The second-order valence-electron chi connectivity index (χ2n) is 8.97. The van der Waals surface area contributed by atoms with Crippen LogP contribution >= 0.6 is 0 Å². The third kappa shape index (κ3) is 5.91. The Labute approximate surface area is 232 Å². The van der Waals surface area contributed by atoms with Gasteiger partial charge >= 0.3 is 6.09 Å². The molecule has 12 heteroatoms. The lowest BCUT2D eigenvalue weighted by molar-refractivity contribution is 0.116. The summed E-state index contributed by atoms with van der Waals surface area (Å²) in [5.74, 6) is 1.64. The van der Waals surface area contributed by atoms with E-state index >= 15 is 0 Å². The number of ether oxygens (including phenoxy) is 4. The van der Waals surface area contributed by atoms with Gasteiger partial charge in [0.1, 0.15) is 23.4 Å². The minimum absolute atomic E-state index is 0.221. The first-order valence-corrected chi connectivity index (χ1v) is 13.9. The highest BCUT2D eigenvalue weighted by atomic mass is 32.2. The van der Waals surface area contributed by atoms with Gasteiger partial charge in [-0.3, -0.25) is 4.72 Å². The number of aromatic nitrogens is 1. The summed E-state index contributed by atoms with van der Waals surface area (Å²) in [6.07, 6.45) is -0.593. The number of benzene rings is 3. The fourth-order valence-electron chi connectivity index (χ4n) is 4.43. The predicted octanol–water partition coefficient (Wildman–Crippen LogP) is 4.96. The highest BCUT2D eigenvalue weighted by molar-refractivity contribution is 7.92. The normalized spacial score (nSPS) is 12.1. The summed E-state index contributed by atoms with van der Waals surface area (Å²) in [5.41, 5.74) is 8.66. The van der Waals surface area contributed by atoms with Gasteiger partial charge in [-0.1, -0.05) is 30.3 Å². The first kappa shape index (κ1) is 28.6. The third-order valence-electron chi connectivity index (χ3n) is 6.44. The molecular formula is C28H31N3O8S. The number of fused-ring (bicyclic) bond motifs is 1. The molecule has 4 aromatic rings. The van der Waals surface area contributed by atoms with Crippen LogP contribution in [0, 0.1) is 0 Å². The van der Waals surface area contributed by atoms with Crippen LogP contribution in [0.5, 0.6) is 17.2 Å². The van der Waals surface area contributed by atoms with E-state index in [9.17, 15) is 13.2 Å². The second-order valence-corrected chi connectivity index (χ2v) is 10.6. The van der Waals surface area contributed by atoms with Gasteiger partial charge in [-0.2, -0.15) is 8.42 Å². The second kappa shape index (κ2) is 11.7.